The Morgan fingerprint density at radius 3 is 2.54 bits per heavy atom. The van der Waals surface area contributed by atoms with Crippen LogP contribution in [0.1, 0.15) is 54.4 Å². The molecular formula is C26H27F2NO7S. The summed E-state index contributed by atoms with van der Waals surface area (Å²) in [7, 11) is -4.58. The molecule has 0 radical (unpaired) electrons. The first-order chi connectivity index (χ1) is 17.6. The highest BCUT2D eigenvalue weighted by Crippen LogP contribution is 2.32. The highest BCUT2D eigenvalue weighted by Gasteiger charge is 2.29. The second kappa shape index (κ2) is 11.4. The average molecular weight is 536 g/mol. The maximum Gasteiger partial charge on any atom is 0.356 e. The van der Waals surface area contributed by atoms with Gasteiger partial charge in [-0.2, -0.15) is 12.8 Å². The van der Waals surface area contributed by atoms with Crippen LogP contribution in [0.5, 0.6) is 5.75 Å². The zero-order chi connectivity index (χ0) is 26.6. The molecule has 1 heterocycles. The Labute approximate surface area is 212 Å². The summed E-state index contributed by atoms with van der Waals surface area (Å²) in [6, 6.07) is 9.16. The third kappa shape index (κ3) is 6.72. The van der Waals surface area contributed by atoms with Crippen LogP contribution < -0.4 is 15.3 Å². The van der Waals surface area contributed by atoms with Crippen molar-refractivity contribution in [3.05, 3.63) is 75.6 Å². The zero-order valence-corrected chi connectivity index (χ0v) is 21.0. The minimum Gasteiger partial charge on any atom is -0.419 e. The lowest BCUT2D eigenvalue weighted by Crippen LogP contribution is -2.40. The lowest BCUT2D eigenvalue weighted by Gasteiger charge is -2.26. The normalized spacial score (nSPS) is 15.4. The first-order valence-electron chi connectivity index (χ1n) is 12.0. The van der Waals surface area contributed by atoms with E-state index in [2.05, 4.69) is 5.48 Å². The Morgan fingerprint density at radius 2 is 1.84 bits per heavy atom. The number of rotatable bonds is 9. The van der Waals surface area contributed by atoms with Gasteiger partial charge in [0.25, 0.3) is 0 Å². The number of carbonyl (C=O) groups excluding carboxylic acids is 1. The van der Waals surface area contributed by atoms with Crippen LogP contribution in [-0.2, 0) is 15.0 Å². The molecule has 0 spiro atoms. The number of hydroxylamine groups is 1. The summed E-state index contributed by atoms with van der Waals surface area (Å²) in [5.74, 6) is -5.14. The number of carbonyl (C=O) groups is 1. The van der Waals surface area contributed by atoms with Crippen molar-refractivity contribution in [3.8, 4) is 5.75 Å². The Morgan fingerprint density at radius 1 is 1.14 bits per heavy atom. The van der Waals surface area contributed by atoms with Gasteiger partial charge < -0.3 is 13.4 Å². The minimum absolute atomic E-state index is 0.0241. The van der Waals surface area contributed by atoms with Crippen molar-refractivity contribution in [3.63, 3.8) is 0 Å². The summed E-state index contributed by atoms with van der Waals surface area (Å²) >= 11 is 0. The van der Waals surface area contributed by atoms with Gasteiger partial charge in [-0.05, 0) is 43.0 Å². The largest absolute Gasteiger partial charge is 0.419 e. The Hall–Kier alpha value is -3.31. The molecule has 4 rings (SSSR count). The van der Waals surface area contributed by atoms with E-state index in [0.29, 0.717) is 6.42 Å². The van der Waals surface area contributed by atoms with Crippen LogP contribution >= 0.6 is 0 Å². The molecule has 1 aromatic heterocycles. The van der Waals surface area contributed by atoms with E-state index in [1.54, 1.807) is 30.3 Å². The lowest BCUT2D eigenvalue weighted by molar-refractivity contribution is 0.0143. The number of benzene rings is 2. The monoisotopic (exact) mass is 535 g/mol. The molecule has 0 amide bonds. The summed E-state index contributed by atoms with van der Waals surface area (Å²) < 4.78 is 65.2. The number of hydrogen-bond acceptors (Lipinski definition) is 8. The fraction of sp³-hybridized carbons (Fsp3) is 0.385. The van der Waals surface area contributed by atoms with Gasteiger partial charge in [0, 0.05) is 11.5 Å². The molecule has 0 unspecified atom stereocenters. The molecule has 1 N–H and O–H groups in total. The average Bonchev–Trinajstić information content (AvgIpc) is 2.87. The van der Waals surface area contributed by atoms with Crippen LogP contribution in [0.4, 0.5) is 8.78 Å². The van der Waals surface area contributed by atoms with Gasteiger partial charge in [-0.15, -0.1) is 5.48 Å². The summed E-state index contributed by atoms with van der Waals surface area (Å²) in [6.07, 6.45) is 5.22. The predicted octanol–water partition coefficient (Wildman–Crippen LogP) is 4.79. The zero-order valence-electron chi connectivity index (χ0n) is 20.2. The molecule has 8 nitrogen and oxygen atoms in total. The number of nitrogens with one attached hydrogen (secondary N) is 1. The van der Waals surface area contributed by atoms with Gasteiger partial charge in [0.15, 0.2) is 11.4 Å². The molecule has 1 fully saturated rings. The molecule has 1 atom stereocenters. The van der Waals surface area contributed by atoms with E-state index in [1.807, 2.05) is 0 Å². The molecule has 1 aliphatic rings. The summed E-state index contributed by atoms with van der Waals surface area (Å²) in [4.78, 5) is 29.2. The minimum atomic E-state index is -4.58. The molecule has 3 aromatic rings. The van der Waals surface area contributed by atoms with E-state index in [9.17, 15) is 22.4 Å². The number of fused-ring (bicyclic) bond motifs is 1. The van der Waals surface area contributed by atoms with Gasteiger partial charge in [0.1, 0.15) is 5.75 Å². The second-order valence-corrected chi connectivity index (χ2v) is 10.9. The van der Waals surface area contributed by atoms with Gasteiger partial charge in [-0.25, -0.2) is 14.0 Å². The van der Waals surface area contributed by atoms with Gasteiger partial charge in [-0.1, -0.05) is 50.3 Å². The van der Waals surface area contributed by atoms with Crippen molar-refractivity contribution in [2.45, 2.75) is 51.5 Å². The number of halogens is 2. The van der Waals surface area contributed by atoms with Crippen molar-refractivity contribution >= 4 is 27.1 Å². The van der Waals surface area contributed by atoms with Crippen LogP contribution in [-0.4, -0.2) is 26.2 Å². The number of hydrogen-bond donors (Lipinski definition) is 1. The van der Waals surface area contributed by atoms with E-state index in [1.165, 1.54) is 6.92 Å². The van der Waals surface area contributed by atoms with Crippen LogP contribution in [0.15, 0.2) is 51.7 Å². The van der Waals surface area contributed by atoms with E-state index >= 15 is 4.39 Å². The second-order valence-electron chi connectivity index (χ2n) is 9.24. The van der Waals surface area contributed by atoms with E-state index in [-0.39, 0.29) is 22.4 Å². The molecule has 1 aliphatic carbocycles. The van der Waals surface area contributed by atoms with Crippen LogP contribution in [0.3, 0.4) is 0 Å². The van der Waals surface area contributed by atoms with Crippen molar-refractivity contribution in [2.24, 2.45) is 5.92 Å². The number of aryl methyl sites for hydroxylation is 1. The Kier molecular flexibility index (Phi) is 8.23. The van der Waals surface area contributed by atoms with Gasteiger partial charge in [-0.3, -0.25) is 0 Å². The quantitative estimate of drug-likeness (QED) is 0.237. The van der Waals surface area contributed by atoms with Crippen LogP contribution in [0, 0.1) is 24.5 Å². The summed E-state index contributed by atoms with van der Waals surface area (Å²) in [5.41, 5.74) is 1.57. The molecule has 0 bridgehead atoms. The first-order valence-corrected chi connectivity index (χ1v) is 13.6. The maximum absolute atomic E-state index is 15.0. The standard InChI is InChI=1S/C26H27F2NO7S/c1-16-12-22(30)34-24-20(16)14-21(27)25(23(24)28)36-37(32,33)15-19(13-17-8-4-2-5-9-17)29-35-26(31)18-10-6-3-7-11-18/h3,6-7,10-12,14,17,19,29H,2,4-5,8-9,13,15H2,1H3/t19-/m0/s1. The Balaban J connectivity index is 1.54. The third-order valence-corrected chi connectivity index (χ3v) is 7.61. The first kappa shape index (κ1) is 26.7. The Bertz CT molecular complexity index is 1430. The molecule has 2 aromatic carbocycles. The van der Waals surface area contributed by atoms with E-state index in [4.69, 9.17) is 13.4 Å². The van der Waals surface area contributed by atoms with Gasteiger partial charge in [0.05, 0.1) is 11.6 Å². The highest BCUT2D eigenvalue weighted by atomic mass is 32.2. The smallest absolute Gasteiger partial charge is 0.356 e. The van der Waals surface area contributed by atoms with Crippen molar-refractivity contribution < 1.29 is 35.4 Å². The fourth-order valence-corrected chi connectivity index (χ4v) is 5.76. The molecule has 0 aliphatic heterocycles. The summed E-state index contributed by atoms with van der Waals surface area (Å²) in [6.45, 7) is 1.47. The molecule has 198 valence electrons. The van der Waals surface area contributed by atoms with Crippen molar-refractivity contribution in [1.29, 1.82) is 0 Å². The SMILES string of the molecule is Cc1cc(=O)oc2c(F)c(OS(=O)(=O)C[C@H](CC3CCCCC3)NOC(=O)c3ccccc3)c(F)cc12. The summed E-state index contributed by atoms with van der Waals surface area (Å²) in [5, 5.41) is -0.0241. The molecule has 11 heteroatoms. The lowest BCUT2D eigenvalue weighted by atomic mass is 9.85. The van der Waals surface area contributed by atoms with E-state index < -0.39 is 56.5 Å². The highest BCUT2D eigenvalue weighted by molar-refractivity contribution is 7.87. The molecular weight excluding hydrogens is 508 g/mol. The van der Waals surface area contributed by atoms with Gasteiger partial charge in [0.2, 0.25) is 11.6 Å². The van der Waals surface area contributed by atoms with Crippen LogP contribution in [0.2, 0.25) is 0 Å². The van der Waals surface area contributed by atoms with Crippen molar-refractivity contribution in [1.82, 2.24) is 5.48 Å². The predicted molar refractivity (Wildman–Crippen MR) is 132 cm³/mol. The van der Waals surface area contributed by atoms with Gasteiger partial charge >= 0.3 is 21.7 Å². The molecule has 0 saturated heterocycles. The van der Waals surface area contributed by atoms with E-state index in [0.717, 1.165) is 44.2 Å². The molecule has 1 saturated carbocycles. The van der Waals surface area contributed by atoms with Crippen LogP contribution in [0.25, 0.3) is 11.0 Å². The third-order valence-electron chi connectivity index (χ3n) is 6.38. The fourth-order valence-electron chi connectivity index (χ4n) is 4.59. The van der Waals surface area contributed by atoms with Crippen molar-refractivity contribution in [2.75, 3.05) is 5.75 Å². The molecule has 37 heavy (non-hydrogen) atoms. The maximum atomic E-state index is 15.0. The topological polar surface area (TPSA) is 112 Å².